The molecule has 1 fully saturated rings. The molecule has 0 bridgehead atoms. The first-order valence-corrected chi connectivity index (χ1v) is 8.47. The minimum atomic E-state index is -0.692. The Morgan fingerprint density at radius 2 is 2.12 bits per heavy atom. The molecule has 0 aliphatic carbocycles. The molecule has 1 aromatic carbocycles. The quantitative estimate of drug-likeness (QED) is 0.878. The van der Waals surface area contributed by atoms with Gasteiger partial charge in [-0.05, 0) is 45.3 Å². The van der Waals surface area contributed by atoms with Crippen molar-refractivity contribution in [1.82, 2.24) is 4.90 Å². The van der Waals surface area contributed by atoms with Crippen LogP contribution in [0.25, 0.3) is 11.0 Å². The van der Waals surface area contributed by atoms with Crippen molar-refractivity contribution in [2.75, 3.05) is 26.8 Å². The largest absolute Gasteiger partial charge is 0.481 e. The Kier molecular flexibility index (Phi) is 4.92. The van der Waals surface area contributed by atoms with Gasteiger partial charge in [0.05, 0.1) is 5.41 Å². The lowest BCUT2D eigenvalue weighted by molar-refractivity contribution is -0.153. The van der Waals surface area contributed by atoms with Crippen LogP contribution in [0.5, 0.6) is 0 Å². The number of piperidine rings is 1. The van der Waals surface area contributed by atoms with E-state index in [2.05, 4.69) is 29.2 Å². The average molecular weight is 331 g/mol. The Bertz CT molecular complexity index is 713. The number of furan rings is 1. The summed E-state index contributed by atoms with van der Waals surface area (Å²) >= 11 is 0. The number of aryl methyl sites for hydroxylation is 1. The summed E-state index contributed by atoms with van der Waals surface area (Å²) in [5.74, 6) is 0.225. The Labute approximate surface area is 142 Å². The number of carbonyl (C=O) groups is 1. The molecule has 0 saturated carbocycles. The Morgan fingerprint density at radius 3 is 2.79 bits per heavy atom. The molecule has 1 aliphatic heterocycles. The van der Waals surface area contributed by atoms with Crippen molar-refractivity contribution in [3.63, 3.8) is 0 Å². The minimum Gasteiger partial charge on any atom is -0.481 e. The Hall–Kier alpha value is -1.85. The molecule has 2 aromatic rings. The molecule has 24 heavy (non-hydrogen) atoms. The van der Waals surface area contributed by atoms with Crippen LogP contribution in [-0.4, -0.2) is 42.8 Å². The van der Waals surface area contributed by atoms with Crippen LogP contribution in [0.3, 0.4) is 0 Å². The van der Waals surface area contributed by atoms with E-state index in [9.17, 15) is 9.90 Å². The van der Waals surface area contributed by atoms with Crippen LogP contribution in [0.1, 0.15) is 30.6 Å². The van der Waals surface area contributed by atoms with Crippen molar-refractivity contribution >= 4 is 16.9 Å². The second-order valence-electron chi connectivity index (χ2n) is 6.80. The second-order valence-corrected chi connectivity index (χ2v) is 6.80. The number of aliphatic carboxylic acids is 1. The maximum atomic E-state index is 11.7. The highest BCUT2D eigenvalue weighted by molar-refractivity contribution is 5.81. The van der Waals surface area contributed by atoms with Gasteiger partial charge in [0.2, 0.25) is 0 Å². The summed E-state index contributed by atoms with van der Waals surface area (Å²) in [6.07, 6.45) is 1.91. The number of carboxylic acid groups (broad SMARTS) is 1. The number of likely N-dealkylation sites (tertiary alicyclic amines) is 1. The van der Waals surface area contributed by atoms with Crippen LogP contribution in [0, 0.1) is 12.3 Å². The smallest absolute Gasteiger partial charge is 0.309 e. The van der Waals surface area contributed by atoms with Gasteiger partial charge in [0.1, 0.15) is 11.3 Å². The van der Waals surface area contributed by atoms with Crippen molar-refractivity contribution in [3.8, 4) is 0 Å². The number of ether oxygens (including phenoxy) is 1. The van der Waals surface area contributed by atoms with Crippen LogP contribution < -0.4 is 0 Å². The van der Waals surface area contributed by atoms with Crippen molar-refractivity contribution in [1.29, 1.82) is 0 Å². The van der Waals surface area contributed by atoms with E-state index >= 15 is 0 Å². The van der Waals surface area contributed by atoms with Gasteiger partial charge in [-0.2, -0.15) is 0 Å². The molecule has 1 aliphatic rings. The van der Waals surface area contributed by atoms with E-state index in [-0.39, 0.29) is 0 Å². The number of fused-ring (bicyclic) bond motifs is 1. The maximum absolute atomic E-state index is 11.7. The number of hydrogen-bond acceptors (Lipinski definition) is 4. The van der Waals surface area contributed by atoms with Crippen molar-refractivity contribution in [3.05, 3.63) is 35.6 Å². The van der Waals surface area contributed by atoms with Gasteiger partial charge in [0.25, 0.3) is 0 Å². The molecular weight excluding hydrogens is 306 g/mol. The summed E-state index contributed by atoms with van der Waals surface area (Å²) in [7, 11) is 1.62. The van der Waals surface area contributed by atoms with Gasteiger partial charge in [-0.25, -0.2) is 0 Å². The fourth-order valence-corrected chi connectivity index (χ4v) is 3.63. The molecule has 1 N–H and O–H groups in total. The fourth-order valence-electron chi connectivity index (χ4n) is 3.63. The summed E-state index contributed by atoms with van der Waals surface area (Å²) in [6.45, 7) is 4.82. The molecule has 0 radical (unpaired) electrons. The third-order valence-electron chi connectivity index (χ3n) is 5.19. The summed E-state index contributed by atoms with van der Waals surface area (Å²) in [5.41, 5.74) is 1.48. The molecule has 0 spiro atoms. The molecule has 0 atom stereocenters. The number of methoxy groups -OCH3 is 1. The van der Waals surface area contributed by atoms with E-state index < -0.39 is 11.4 Å². The van der Waals surface area contributed by atoms with Crippen LogP contribution in [0.2, 0.25) is 0 Å². The zero-order chi connectivity index (χ0) is 17.2. The first-order valence-electron chi connectivity index (χ1n) is 8.47. The molecule has 0 amide bonds. The van der Waals surface area contributed by atoms with E-state index in [0.717, 1.165) is 36.4 Å². The van der Waals surface area contributed by atoms with Crippen molar-refractivity contribution < 1.29 is 19.1 Å². The van der Waals surface area contributed by atoms with Gasteiger partial charge < -0.3 is 14.3 Å². The lowest BCUT2D eigenvalue weighted by Gasteiger charge is -2.38. The molecule has 5 heteroatoms. The predicted octanol–water partition coefficient (Wildman–Crippen LogP) is 3.44. The number of rotatable bonds is 6. The van der Waals surface area contributed by atoms with Crippen LogP contribution >= 0.6 is 0 Å². The normalized spacial score (nSPS) is 18.1. The average Bonchev–Trinajstić information content (AvgIpc) is 2.95. The zero-order valence-corrected chi connectivity index (χ0v) is 14.4. The highest BCUT2D eigenvalue weighted by Gasteiger charge is 2.41. The molecule has 0 unspecified atom stereocenters. The SMILES string of the molecule is COCCC1(C(=O)O)CCN(Cc2cccc3cc(C)oc23)CC1. The number of carboxylic acids is 1. The standard InChI is InChI=1S/C19H25NO4/c1-14-12-15-4-3-5-16(17(15)24-14)13-20-9-6-19(7-10-20,18(21)22)8-11-23-2/h3-5,12H,6-11,13H2,1-2H3,(H,21,22). The fraction of sp³-hybridized carbons (Fsp3) is 0.526. The lowest BCUT2D eigenvalue weighted by Crippen LogP contribution is -2.44. The van der Waals surface area contributed by atoms with Gasteiger partial charge in [0, 0.05) is 31.2 Å². The minimum absolute atomic E-state index is 0.497. The van der Waals surface area contributed by atoms with E-state index in [1.807, 2.05) is 6.92 Å². The summed E-state index contributed by atoms with van der Waals surface area (Å²) < 4.78 is 10.9. The van der Waals surface area contributed by atoms with E-state index in [4.69, 9.17) is 9.15 Å². The Balaban J connectivity index is 1.69. The van der Waals surface area contributed by atoms with Gasteiger partial charge >= 0.3 is 5.97 Å². The first-order chi connectivity index (χ1) is 11.5. The number of benzene rings is 1. The van der Waals surface area contributed by atoms with Crippen molar-refractivity contribution in [2.24, 2.45) is 5.41 Å². The highest BCUT2D eigenvalue weighted by Crippen LogP contribution is 2.36. The zero-order valence-electron chi connectivity index (χ0n) is 14.4. The van der Waals surface area contributed by atoms with Crippen molar-refractivity contribution in [2.45, 2.75) is 32.7 Å². The van der Waals surface area contributed by atoms with Crippen LogP contribution in [0.15, 0.2) is 28.7 Å². The number of para-hydroxylation sites is 1. The molecule has 130 valence electrons. The molecule has 3 rings (SSSR count). The summed E-state index contributed by atoms with van der Waals surface area (Å²) in [5, 5.41) is 10.8. The molecule has 1 aromatic heterocycles. The van der Waals surface area contributed by atoms with Gasteiger partial charge in [0.15, 0.2) is 0 Å². The summed E-state index contributed by atoms with van der Waals surface area (Å²) in [4.78, 5) is 14.1. The third-order valence-corrected chi connectivity index (χ3v) is 5.19. The number of hydrogen-bond donors (Lipinski definition) is 1. The van der Waals surface area contributed by atoms with Crippen LogP contribution in [0.4, 0.5) is 0 Å². The second kappa shape index (κ2) is 6.95. The molecule has 5 nitrogen and oxygen atoms in total. The van der Waals surface area contributed by atoms with Gasteiger partial charge in [-0.3, -0.25) is 9.69 Å². The third kappa shape index (κ3) is 3.32. The Morgan fingerprint density at radius 1 is 1.38 bits per heavy atom. The maximum Gasteiger partial charge on any atom is 0.309 e. The highest BCUT2D eigenvalue weighted by atomic mass is 16.5. The van der Waals surface area contributed by atoms with E-state index in [1.165, 1.54) is 5.56 Å². The topological polar surface area (TPSA) is 62.9 Å². The monoisotopic (exact) mass is 331 g/mol. The van der Waals surface area contributed by atoms with E-state index in [0.29, 0.717) is 25.9 Å². The summed E-state index contributed by atoms with van der Waals surface area (Å²) in [6, 6.07) is 8.26. The van der Waals surface area contributed by atoms with Gasteiger partial charge in [-0.15, -0.1) is 0 Å². The van der Waals surface area contributed by atoms with E-state index in [1.54, 1.807) is 7.11 Å². The molecular formula is C19H25NO4. The van der Waals surface area contributed by atoms with Crippen LogP contribution in [-0.2, 0) is 16.1 Å². The molecule has 1 saturated heterocycles. The predicted molar refractivity (Wildman–Crippen MR) is 92.0 cm³/mol. The lowest BCUT2D eigenvalue weighted by atomic mass is 9.76. The first kappa shape index (κ1) is 17.0. The van der Waals surface area contributed by atoms with Gasteiger partial charge in [-0.1, -0.05) is 18.2 Å². The number of nitrogens with zero attached hydrogens (tertiary/aromatic N) is 1. The molecule has 2 heterocycles.